The molecular weight excluding hydrogens is 240 g/mol. The number of benzene rings is 1. The van der Waals surface area contributed by atoms with Crippen molar-refractivity contribution in [3.63, 3.8) is 0 Å². The van der Waals surface area contributed by atoms with Crippen molar-refractivity contribution < 1.29 is 0 Å². The highest BCUT2D eigenvalue weighted by Crippen LogP contribution is 2.42. The largest absolute Gasteiger partial charge is 0.367 e. The lowest BCUT2D eigenvalue weighted by Crippen LogP contribution is -2.37. The molecule has 1 aliphatic heterocycles. The van der Waals surface area contributed by atoms with Crippen LogP contribution >= 0.6 is 23.4 Å². The quantitative estimate of drug-likeness (QED) is 0.895. The van der Waals surface area contributed by atoms with Crippen LogP contribution in [-0.4, -0.2) is 31.9 Å². The van der Waals surface area contributed by atoms with Crippen molar-refractivity contribution in [2.24, 2.45) is 0 Å². The molecule has 0 saturated heterocycles. The molecular formula is C12H17ClN2S. The molecule has 2 nitrogen and oxygen atoms in total. The molecule has 0 aromatic heterocycles. The van der Waals surface area contributed by atoms with E-state index in [9.17, 15) is 0 Å². The van der Waals surface area contributed by atoms with Crippen LogP contribution in [0.1, 0.15) is 6.92 Å². The molecule has 4 heteroatoms. The molecule has 1 N–H and O–H groups in total. The lowest BCUT2D eigenvalue weighted by molar-refractivity contribution is 0.704. The zero-order chi connectivity index (χ0) is 11.5. The molecule has 1 atom stereocenters. The number of nitrogens with one attached hydrogen (secondary N) is 1. The van der Waals surface area contributed by atoms with E-state index in [1.54, 1.807) is 0 Å². The maximum absolute atomic E-state index is 6.29. The molecule has 16 heavy (non-hydrogen) atoms. The molecule has 0 fully saturated rings. The molecule has 1 unspecified atom stereocenters. The Bertz CT molecular complexity index is 370. The second-order valence-electron chi connectivity index (χ2n) is 4.06. The Labute approximate surface area is 106 Å². The molecule has 88 valence electrons. The minimum absolute atomic E-state index is 0.628. The van der Waals surface area contributed by atoms with E-state index in [0.717, 1.165) is 24.7 Å². The van der Waals surface area contributed by atoms with Crippen LogP contribution in [0.25, 0.3) is 0 Å². The summed E-state index contributed by atoms with van der Waals surface area (Å²) in [5, 5.41) is 4.68. The monoisotopic (exact) mass is 256 g/mol. The Morgan fingerprint density at radius 2 is 2.38 bits per heavy atom. The van der Waals surface area contributed by atoms with Crippen LogP contribution in [0.2, 0.25) is 5.02 Å². The van der Waals surface area contributed by atoms with Crippen molar-refractivity contribution >= 4 is 29.1 Å². The van der Waals surface area contributed by atoms with Crippen LogP contribution in [0.15, 0.2) is 23.1 Å². The smallest absolute Gasteiger partial charge is 0.0694 e. The minimum Gasteiger partial charge on any atom is -0.367 e. The first kappa shape index (κ1) is 12.1. The lowest BCUT2D eigenvalue weighted by atomic mass is 10.2. The van der Waals surface area contributed by atoms with Crippen molar-refractivity contribution in [2.75, 3.05) is 31.6 Å². The molecule has 0 aliphatic carbocycles. The summed E-state index contributed by atoms with van der Waals surface area (Å²) in [7, 11) is 1.98. The van der Waals surface area contributed by atoms with Gasteiger partial charge in [-0.05, 0) is 19.2 Å². The number of rotatable bonds is 3. The normalized spacial score (nSPS) is 19.7. The number of halogens is 1. The van der Waals surface area contributed by atoms with E-state index in [4.69, 9.17) is 11.6 Å². The summed E-state index contributed by atoms with van der Waals surface area (Å²) in [5.74, 6) is 0. The summed E-state index contributed by atoms with van der Waals surface area (Å²) in [6.45, 7) is 5.34. The number of fused-ring (bicyclic) bond motifs is 1. The highest BCUT2D eigenvalue weighted by molar-refractivity contribution is 8.00. The van der Waals surface area contributed by atoms with Crippen LogP contribution in [0, 0.1) is 0 Å². The van der Waals surface area contributed by atoms with E-state index in [1.807, 2.05) is 30.9 Å². The number of hydrogen-bond acceptors (Lipinski definition) is 3. The first-order valence-electron chi connectivity index (χ1n) is 5.57. The number of anilines is 1. The Hall–Kier alpha value is -0.380. The summed E-state index contributed by atoms with van der Waals surface area (Å²) < 4.78 is 0. The van der Waals surface area contributed by atoms with Crippen molar-refractivity contribution in [1.82, 2.24) is 5.32 Å². The Balaban J connectivity index is 2.28. The molecule has 1 heterocycles. The van der Waals surface area contributed by atoms with Crippen molar-refractivity contribution in [3.05, 3.63) is 23.2 Å². The van der Waals surface area contributed by atoms with Gasteiger partial charge in [0.2, 0.25) is 0 Å². The Morgan fingerprint density at radius 1 is 1.56 bits per heavy atom. The fourth-order valence-electron chi connectivity index (χ4n) is 2.00. The second-order valence-corrected chi connectivity index (χ2v) is 5.95. The number of thioether (sulfide) groups is 1. The number of hydrogen-bond donors (Lipinski definition) is 1. The van der Waals surface area contributed by atoms with Crippen molar-refractivity contribution in [2.45, 2.75) is 17.1 Å². The molecule has 0 bridgehead atoms. The molecule has 1 aliphatic rings. The van der Waals surface area contributed by atoms with Gasteiger partial charge in [0.15, 0.2) is 0 Å². The summed E-state index contributed by atoms with van der Waals surface area (Å²) in [4.78, 5) is 3.69. The summed E-state index contributed by atoms with van der Waals surface area (Å²) >= 11 is 8.20. The fourth-order valence-corrected chi connectivity index (χ4v) is 3.55. The number of nitrogens with zero attached hydrogens (tertiary/aromatic N) is 1. The van der Waals surface area contributed by atoms with E-state index >= 15 is 0 Å². The van der Waals surface area contributed by atoms with Crippen LogP contribution in [0.3, 0.4) is 0 Å². The molecule has 1 aromatic rings. The number of para-hydroxylation sites is 1. The third-order valence-corrected chi connectivity index (χ3v) is 4.14. The van der Waals surface area contributed by atoms with Gasteiger partial charge in [-0.15, -0.1) is 11.8 Å². The van der Waals surface area contributed by atoms with Gasteiger partial charge in [0.05, 0.1) is 10.7 Å². The van der Waals surface area contributed by atoms with E-state index in [1.165, 1.54) is 10.6 Å². The predicted molar refractivity (Wildman–Crippen MR) is 72.9 cm³/mol. The second kappa shape index (κ2) is 5.30. The molecule has 0 saturated carbocycles. The molecule has 0 spiro atoms. The third-order valence-electron chi connectivity index (χ3n) is 2.70. The molecule has 0 amide bonds. The standard InChI is InChI=1S/C12H17ClN2S/c1-9-8-15(7-6-14-2)12-10(13)4-3-5-11(12)16-9/h3-5,9,14H,6-8H2,1-2H3. The van der Waals surface area contributed by atoms with E-state index in [0.29, 0.717) is 5.25 Å². The molecule has 0 radical (unpaired) electrons. The summed E-state index contributed by atoms with van der Waals surface area (Å²) in [5.41, 5.74) is 1.21. The van der Waals surface area contributed by atoms with E-state index < -0.39 is 0 Å². The van der Waals surface area contributed by atoms with Gasteiger partial charge >= 0.3 is 0 Å². The van der Waals surface area contributed by atoms with Gasteiger partial charge in [0.1, 0.15) is 0 Å². The SMILES string of the molecule is CNCCN1CC(C)Sc2cccc(Cl)c21. The zero-order valence-electron chi connectivity index (χ0n) is 9.66. The van der Waals surface area contributed by atoms with Crippen LogP contribution in [-0.2, 0) is 0 Å². The van der Waals surface area contributed by atoms with E-state index in [-0.39, 0.29) is 0 Å². The average molecular weight is 257 g/mol. The van der Waals surface area contributed by atoms with Crippen LogP contribution < -0.4 is 10.2 Å². The van der Waals surface area contributed by atoms with Gasteiger partial charge in [0.25, 0.3) is 0 Å². The fraction of sp³-hybridized carbons (Fsp3) is 0.500. The van der Waals surface area contributed by atoms with Crippen LogP contribution in [0.4, 0.5) is 5.69 Å². The average Bonchev–Trinajstić information content (AvgIpc) is 2.25. The van der Waals surface area contributed by atoms with Gasteiger partial charge in [-0.1, -0.05) is 24.6 Å². The van der Waals surface area contributed by atoms with Gasteiger partial charge in [-0.3, -0.25) is 0 Å². The van der Waals surface area contributed by atoms with Crippen molar-refractivity contribution in [1.29, 1.82) is 0 Å². The number of likely N-dealkylation sites (N-methyl/N-ethyl adjacent to an activating group) is 1. The highest BCUT2D eigenvalue weighted by Gasteiger charge is 2.23. The maximum atomic E-state index is 6.29. The Kier molecular flexibility index (Phi) is 4.00. The van der Waals surface area contributed by atoms with E-state index in [2.05, 4.69) is 23.2 Å². The first-order chi connectivity index (χ1) is 7.72. The summed E-state index contributed by atoms with van der Waals surface area (Å²) in [6, 6.07) is 6.17. The van der Waals surface area contributed by atoms with Gasteiger partial charge in [-0.25, -0.2) is 0 Å². The van der Waals surface area contributed by atoms with Crippen LogP contribution in [0.5, 0.6) is 0 Å². The highest BCUT2D eigenvalue weighted by atomic mass is 35.5. The Morgan fingerprint density at radius 3 is 3.12 bits per heavy atom. The third kappa shape index (κ3) is 2.47. The van der Waals surface area contributed by atoms with Gasteiger partial charge < -0.3 is 10.2 Å². The van der Waals surface area contributed by atoms with Gasteiger partial charge in [-0.2, -0.15) is 0 Å². The molecule has 1 aromatic carbocycles. The zero-order valence-corrected chi connectivity index (χ0v) is 11.2. The van der Waals surface area contributed by atoms with Crippen molar-refractivity contribution in [3.8, 4) is 0 Å². The maximum Gasteiger partial charge on any atom is 0.0694 e. The predicted octanol–water partition coefficient (Wildman–Crippen LogP) is 2.86. The summed E-state index contributed by atoms with van der Waals surface area (Å²) in [6.07, 6.45) is 0. The molecule has 2 rings (SSSR count). The minimum atomic E-state index is 0.628. The first-order valence-corrected chi connectivity index (χ1v) is 6.83. The lowest BCUT2D eigenvalue weighted by Gasteiger charge is -2.35. The topological polar surface area (TPSA) is 15.3 Å². The van der Waals surface area contributed by atoms with Gasteiger partial charge in [0, 0.05) is 29.8 Å².